The van der Waals surface area contributed by atoms with E-state index in [9.17, 15) is 13.2 Å². The number of sulfonamides is 1. The van der Waals surface area contributed by atoms with Crippen molar-refractivity contribution in [1.82, 2.24) is 4.31 Å². The lowest BCUT2D eigenvalue weighted by Gasteiger charge is -2.26. The number of nitrogens with zero attached hydrogens (tertiary/aromatic N) is 1. The highest BCUT2D eigenvalue weighted by molar-refractivity contribution is 7.89. The SMILES string of the molecule is COC(=O)[C@H]1CCCN1S(=O)(=O)c1c(C)c(C)c(C)c(C)c1C. The average molecular weight is 339 g/mol. The van der Waals surface area contributed by atoms with Gasteiger partial charge in [-0.1, -0.05) is 0 Å². The van der Waals surface area contributed by atoms with Crippen LogP contribution in [0.3, 0.4) is 0 Å². The summed E-state index contributed by atoms with van der Waals surface area (Å²) in [7, 11) is -2.44. The largest absolute Gasteiger partial charge is 0.468 e. The number of hydrogen-bond donors (Lipinski definition) is 0. The zero-order valence-corrected chi connectivity index (χ0v) is 15.5. The van der Waals surface area contributed by atoms with Gasteiger partial charge in [-0.05, 0) is 75.3 Å². The molecule has 0 aliphatic carbocycles. The number of carbonyl (C=O) groups is 1. The molecule has 1 heterocycles. The summed E-state index contributed by atoms with van der Waals surface area (Å²) in [5.41, 5.74) is 4.62. The van der Waals surface area contributed by atoms with E-state index in [2.05, 4.69) is 0 Å². The highest BCUT2D eigenvalue weighted by atomic mass is 32.2. The van der Waals surface area contributed by atoms with Crippen LogP contribution in [0.1, 0.15) is 40.7 Å². The fraction of sp³-hybridized carbons (Fsp3) is 0.588. The maximum Gasteiger partial charge on any atom is 0.324 e. The Morgan fingerprint density at radius 2 is 1.48 bits per heavy atom. The first-order valence-electron chi connectivity index (χ1n) is 7.81. The lowest BCUT2D eigenvalue weighted by molar-refractivity contribution is -0.144. The van der Waals surface area contributed by atoms with Crippen LogP contribution in [0.25, 0.3) is 0 Å². The highest BCUT2D eigenvalue weighted by Crippen LogP contribution is 2.34. The van der Waals surface area contributed by atoms with Crippen molar-refractivity contribution in [3.8, 4) is 0 Å². The molecule has 0 N–H and O–H groups in total. The molecule has 0 bridgehead atoms. The molecule has 1 aliphatic heterocycles. The van der Waals surface area contributed by atoms with Gasteiger partial charge in [0.1, 0.15) is 6.04 Å². The third-order valence-electron chi connectivity index (χ3n) is 5.17. The van der Waals surface area contributed by atoms with Crippen molar-refractivity contribution in [1.29, 1.82) is 0 Å². The fourth-order valence-electron chi connectivity index (χ4n) is 3.37. The van der Waals surface area contributed by atoms with E-state index in [1.54, 1.807) is 0 Å². The number of methoxy groups -OCH3 is 1. The smallest absolute Gasteiger partial charge is 0.324 e. The molecular formula is C17H25NO4S. The van der Waals surface area contributed by atoms with Crippen molar-refractivity contribution >= 4 is 16.0 Å². The molecule has 6 heteroatoms. The van der Waals surface area contributed by atoms with Crippen molar-refractivity contribution in [2.45, 2.75) is 58.4 Å². The van der Waals surface area contributed by atoms with Gasteiger partial charge in [-0.2, -0.15) is 4.31 Å². The number of carbonyl (C=O) groups excluding carboxylic acids is 1. The van der Waals surface area contributed by atoms with Crippen LogP contribution in [-0.2, 0) is 19.6 Å². The van der Waals surface area contributed by atoms with Gasteiger partial charge in [-0.15, -0.1) is 0 Å². The van der Waals surface area contributed by atoms with E-state index in [1.807, 2.05) is 34.6 Å². The van der Waals surface area contributed by atoms with Crippen LogP contribution in [0.15, 0.2) is 4.90 Å². The molecule has 0 radical (unpaired) electrons. The van der Waals surface area contributed by atoms with E-state index >= 15 is 0 Å². The Bertz CT molecular complexity index is 723. The molecule has 1 aliphatic rings. The quantitative estimate of drug-likeness (QED) is 0.794. The van der Waals surface area contributed by atoms with Gasteiger partial charge in [0.15, 0.2) is 0 Å². The maximum absolute atomic E-state index is 13.2. The van der Waals surface area contributed by atoms with Crippen molar-refractivity contribution < 1.29 is 17.9 Å². The molecule has 1 aromatic carbocycles. The molecular weight excluding hydrogens is 314 g/mol. The van der Waals surface area contributed by atoms with Gasteiger partial charge in [-0.25, -0.2) is 8.42 Å². The van der Waals surface area contributed by atoms with Crippen molar-refractivity contribution in [3.05, 3.63) is 27.8 Å². The van der Waals surface area contributed by atoms with Crippen LogP contribution in [-0.4, -0.2) is 38.4 Å². The summed E-state index contributed by atoms with van der Waals surface area (Å²) in [5, 5.41) is 0. The minimum absolute atomic E-state index is 0.342. The van der Waals surface area contributed by atoms with Crippen LogP contribution in [0, 0.1) is 34.6 Å². The minimum atomic E-state index is -3.73. The standard InChI is InChI=1S/C17H25NO4S/c1-10-11(2)13(4)16(14(5)12(10)3)23(20,21)18-9-7-8-15(18)17(19)22-6/h15H,7-9H2,1-6H3/t15-/m1/s1. The van der Waals surface area contributed by atoms with E-state index in [0.717, 1.165) is 27.8 Å². The number of esters is 1. The van der Waals surface area contributed by atoms with Crippen LogP contribution in [0.5, 0.6) is 0 Å². The van der Waals surface area contributed by atoms with Gasteiger partial charge in [0.25, 0.3) is 0 Å². The van der Waals surface area contributed by atoms with Crippen molar-refractivity contribution in [2.75, 3.05) is 13.7 Å². The van der Waals surface area contributed by atoms with Crippen molar-refractivity contribution in [2.24, 2.45) is 0 Å². The molecule has 0 aromatic heterocycles. The monoisotopic (exact) mass is 339 g/mol. The van der Waals surface area contributed by atoms with Gasteiger partial charge < -0.3 is 4.74 Å². The van der Waals surface area contributed by atoms with Crippen LogP contribution < -0.4 is 0 Å². The molecule has 2 rings (SSSR count). The Balaban J connectivity index is 2.64. The third-order valence-corrected chi connectivity index (χ3v) is 7.36. The molecule has 0 spiro atoms. The second kappa shape index (κ2) is 6.24. The zero-order chi connectivity index (χ0) is 17.5. The number of hydrogen-bond acceptors (Lipinski definition) is 4. The molecule has 0 saturated carbocycles. The first kappa shape index (κ1) is 17.9. The molecule has 23 heavy (non-hydrogen) atoms. The fourth-order valence-corrected chi connectivity index (χ4v) is 5.58. The lowest BCUT2D eigenvalue weighted by Crippen LogP contribution is -2.41. The molecule has 5 nitrogen and oxygen atoms in total. The van der Waals surface area contributed by atoms with Gasteiger partial charge >= 0.3 is 5.97 Å². The van der Waals surface area contributed by atoms with E-state index in [0.29, 0.717) is 24.3 Å². The summed E-state index contributed by atoms with van der Waals surface area (Å²) in [6.45, 7) is 9.92. The first-order valence-corrected chi connectivity index (χ1v) is 9.25. The number of rotatable bonds is 3. The Hall–Kier alpha value is -1.40. The topological polar surface area (TPSA) is 63.7 Å². The molecule has 1 saturated heterocycles. The molecule has 1 aromatic rings. The van der Waals surface area contributed by atoms with E-state index in [1.165, 1.54) is 11.4 Å². The molecule has 1 atom stereocenters. The highest BCUT2D eigenvalue weighted by Gasteiger charge is 2.41. The van der Waals surface area contributed by atoms with Crippen molar-refractivity contribution in [3.63, 3.8) is 0 Å². The Kier molecular flexibility index (Phi) is 4.87. The van der Waals surface area contributed by atoms with Crippen LogP contribution in [0.2, 0.25) is 0 Å². The van der Waals surface area contributed by atoms with Crippen LogP contribution >= 0.6 is 0 Å². The van der Waals surface area contributed by atoms with E-state index in [4.69, 9.17) is 4.74 Å². The van der Waals surface area contributed by atoms with Gasteiger partial charge in [-0.3, -0.25) is 4.79 Å². The van der Waals surface area contributed by atoms with E-state index < -0.39 is 22.0 Å². The summed E-state index contributed by atoms with van der Waals surface area (Å²) in [6, 6.07) is -0.717. The van der Waals surface area contributed by atoms with Crippen LogP contribution in [0.4, 0.5) is 0 Å². The Morgan fingerprint density at radius 3 is 1.96 bits per heavy atom. The normalized spacial score (nSPS) is 19.1. The second-order valence-corrected chi connectivity index (χ2v) is 8.08. The van der Waals surface area contributed by atoms with Gasteiger partial charge in [0.2, 0.25) is 10.0 Å². The zero-order valence-electron chi connectivity index (χ0n) is 14.7. The van der Waals surface area contributed by atoms with Gasteiger partial charge in [0.05, 0.1) is 12.0 Å². The third kappa shape index (κ3) is 2.78. The van der Waals surface area contributed by atoms with E-state index in [-0.39, 0.29) is 0 Å². The summed E-state index contributed by atoms with van der Waals surface area (Å²) in [5.74, 6) is -0.484. The average Bonchev–Trinajstić information content (AvgIpc) is 3.00. The Labute approximate surface area is 138 Å². The number of benzene rings is 1. The first-order chi connectivity index (χ1) is 10.6. The summed E-state index contributed by atoms with van der Waals surface area (Å²) >= 11 is 0. The second-order valence-electron chi connectivity index (χ2n) is 6.25. The molecule has 0 unspecified atom stereocenters. The van der Waals surface area contributed by atoms with Gasteiger partial charge in [0, 0.05) is 6.54 Å². The Morgan fingerprint density at radius 1 is 1.00 bits per heavy atom. The molecule has 0 amide bonds. The maximum atomic E-state index is 13.2. The lowest BCUT2D eigenvalue weighted by atomic mass is 9.95. The summed E-state index contributed by atoms with van der Waals surface area (Å²) in [6.07, 6.45) is 1.18. The minimum Gasteiger partial charge on any atom is -0.468 e. The molecule has 1 fully saturated rings. The summed E-state index contributed by atoms with van der Waals surface area (Å²) < 4.78 is 32.6. The predicted octanol–water partition coefficient (Wildman–Crippen LogP) is 2.55. The number of ether oxygens (including phenoxy) is 1. The molecule has 128 valence electrons. The predicted molar refractivity (Wildman–Crippen MR) is 89.1 cm³/mol. The summed E-state index contributed by atoms with van der Waals surface area (Å²) in [4.78, 5) is 12.3.